The van der Waals surface area contributed by atoms with Gasteiger partial charge in [0.1, 0.15) is 0 Å². The minimum atomic E-state index is -0.400. The number of anilines is 1. The van der Waals surface area contributed by atoms with E-state index in [0.717, 1.165) is 60.2 Å². The molecule has 0 bridgehead atoms. The summed E-state index contributed by atoms with van der Waals surface area (Å²) in [6.45, 7) is 2.13. The molecule has 1 aromatic heterocycles. The minimum absolute atomic E-state index is 0.136. The Hall–Kier alpha value is -4.17. The van der Waals surface area contributed by atoms with Crippen LogP contribution in [0.3, 0.4) is 0 Å². The summed E-state index contributed by atoms with van der Waals surface area (Å²) in [6, 6.07) is 15.4. The van der Waals surface area contributed by atoms with Crippen LogP contribution in [-0.2, 0) is 9.53 Å². The number of ether oxygens (including phenoxy) is 1. The van der Waals surface area contributed by atoms with Crippen LogP contribution in [0.15, 0.2) is 88.6 Å². The Labute approximate surface area is 214 Å². The van der Waals surface area contributed by atoms with Gasteiger partial charge < -0.3 is 9.64 Å². The van der Waals surface area contributed by atoms with E-state index in [2.05, 4.69) is 20.4 Å². The summed E-state index contributed by atoms with van der Waals surface area (Å²) in [6.07, 6.45) is 10.4. The van der Waals surface area contributed by atoms with Crippen molar-refractivity contribution in [3.63, 3.8) is 0 Å². The van der Waals surface area contributed by atoms with Gasteiger partial charge in [-0.3, -0.25) is 14.7 Å². The smallest absolute Gasteiger partial charge is 0.279 e. The Morgan fingerprint density at radius 2 is 1.84 bits per heavy atom. The molecule has 0 saturated carbocycles. The number of para-hydroxylation sites is 1. The molecule has 6 rings (SSSR count). The number of azo groups is 1. The first-order chi connectivity index (χ1) is 18.2. The van der Waals surface area contributed by atoms with Crippen LogP contribution in [-0.4, -0.2) is 41.8 Å². The van der Waals surface area contributed by atoms with Gasteiger partial charge in [-0.1, -0.05) is 54.6 Å². The lowest BCUT2D eigenvalue weighted by molar-refractivity contribution is -0.119. The molecule has 2 aromatic carbocycles. The van der Waals surface area contributed by atoms with Crippen LogP contribution in [0.2, 0.25) is 0 Å². The third-order valence-electron chi connectivity index (χ3n) is 7.29. The number of nitrogens with zero attached hydrogens (tertiary/aromatic N) is 4. The molecule has 1 atom stereocenters. The molecule has 3 aromatic rings. The van der Waals surface area contributed by atoms with Gasteiger partial charge in [-0.25, -0.2) is 0 Å². The second kappa shape index (κ2) is 10.1. The van der Waals surface area contributed by atoms with Gasteiger partial charge in [0.2, 0.25) is 0 Å². The molecule has 0 spiro atoms. The van der Waals surface area contributed by atoms with Gasteiger partial charge in [-0.05, 0) is 49.0 Å². The molecule has 1 unspecified atom stereocenters. The minimum Gasteiger partial charge on any atom is -0.381 e. The normalized spacial score (nSPS) is 19.5. The maximum atomic E-state index is 13.8. The van der Waals surface area contributed by atoms with Gasteiger partial charge in [-0.2, -0.15) is 5.10 Å². The highest BCUT2D eigenvalue weighted by Gasteiger charge is 2.28. The maximum Gasteiger partial charge on any atom is 0.279 e. The number of allylic oxidation sites excluding steroid dienone is 3. The average Bonchev–Trinajstić information content (AvgIpc) is 3.39. The van der Waals surface area contributed by atoms with E-state index in [-0.39, 0.29) is 11.8 Å². The molecule has 0 radical (unpaired) electrons. The van der Waals surface area contributed by atoms with Crippen molar-refractivity contribution < 1.29 is 14.3 Å². The number of aromatic nitrogens is 2. The summed E-state index contributed by atoms with van der Waals surface area (Å²) >= 11 is 0. The van der Waals surface area contributed by atoms with Crippen LogP contribution in [0.5, 0.6) is 0 Å². The molecule has 3 aliphatic rings. The van der Waals surface area contributed by atoms with Crippen molar-refractivity contribution in [2.75, 3.05) is 24.7 Å². The number of carbonyl (C=O) groups is 2. The second-order valence-corrected chi connectivity index (χ2v) is 9.53. The molecular formula is C29H27N5O3. The molecule has 37 heavy (non-hydrogen) atoms. The summed E-state index contributed by atoms with van der Waals surface area (Å²) < 4.78 is 5.52. The molecule has 2 amide bonds. The van der Waals surface area contributed by atoms with Crippen LogP contribution < -0.4 is 4.90 Å². The third-order valence-corrected chi connectivity index (χ3v) is 7.29. The Morgan fingerprint density at radius 1 is 1.03 bits per heavy atom. The SMILES string of the molecule is O=C1N=NC(c2ccc(N(CCC3CCOCC3)C(=O)c3n[nH]c4ccccc34)cc2)=C2C=CC=CC12. The van der Waals surface area contributed by atoms with Gasteiger partial charge in [0.15, 0.2) is 5.69 Å². The van der Waals surface area contributed by atoms with Gasteiger partial charge >= 0.3 is 0 Å². The number of H-pyrrole nitrogens is 1. The number of amides is 2. The molecule has 1 N–H and O–H groups in total. The van der Waals surface area contributed by atoms with Crippen molar-refractivity contribution in [1.29, 1.82) is 0 Å². The van der Waals surface area contributed by atoms with E-state index in [1.54, 1.807) is 0 Å². The third kappa shape index (κ3) is 4.56. The van der Waals surface area contributed by atoms with Crippen LogP contribution in [0.25, 0.3) is 16.6 Å². The summed E-state index contributed by atoms with van der Waals surface area (Å²) in [5.74, 6) is -0.271. The number of carbonyl (C=O) groups excluding carboxylic acids is 2. The second-order valence-electron chi connectivity index (χ2n) is 9.53. The van der Waals surface area contributed by atoms with E-state index < -0.39 is 5.92 Å². The van der Waals surface area contributed by atoms with Gasteiger partial charge in [-0.15, -0.1) is 10.2 Å². The molecule has 1 saturated heterocycles. The molecule has 2 aliphatic heterocycles. The Balaban J connectivity index is 1.31. The Morgan fingerprint density at radius 3 is 2.68 bits per heavy atom. The van der Waals surface area contributed by atoms with Crippen molar-refractivity contribution in [3.05, 3.63) is 89.7 Å². The summed E-state index contributed by atoms with van der Waals surface area (Å²) in [5.41, 5.74) is 4.40. The number of rotatable bonds is 6. The molecule has 8 nitrogen and oxygen atoms in total. The van der Waals surface area contributed by atoms with Crippen molar-refractivity contribution >= 4 is 34.1 Å². The lowest BCUT2D eigenvalue weighted by atomic mass is 9.89. The van der Waals surface area contributed by atoms with E-state index in [1.165, 1.54) is 0 Å². The number of hydrogen-bond acceptors (Lipinski definition) is 5. The van der Waals surface area contributed by atoms with Crippen LogP contribution in [0.4, 0.5) is 5.69 Å². The highest BCUT2D eigenvalue weighted by Crippen LogP contribution is 2.35. The van der Waals surface area contributed by atoms with Crippen molar-refractivity contribution in [2.45, 2.75) is 19.3 Å². The zero-order valence-electron chi connectivity index (χ0n) is 20.3. The lowest BCUT2D eigenvalue weighted by Crippen LogP contribution is -2.34. The number of hydrogen-bond donors (Lipinski definition) is 1. The van der Waals surface area contributed by atoms with Crippen molar-refractivity contribution in [3.8, 4) is 0 Å². The largest absolute Gasteiger partial charge is 0.381 e. The zero-order chi connectivity index (χ0) is 25.2. The van der Waals surface area contributed by atoms with E-state index in [1.807, 2.05) is 77.7 Å². The monoisotopic (exact) mass is 493 g/mol. The predicted molar refractivity (Wildman–Crippen MR) is 141 cm³/mol. The van der Waals surface area contributed by atoms with Crippen LogP contribution in [0.1, 0.15) is 35.3 Å². The topological polar surface area (TPSA) is 100 Å². The highest BCUT2D eigenvalue weighted by molar-refractivity contribution is 6.12. The summed E-state index contributed by atoms with van der Waals surface area (Å²) in [4.78, 5) is 27.8. The predicted octanol–water partition coefficient (Wildman–Crippen LogP) is 5.47. The molecule has 1 aliphatic carbocycles. The number of benzene rings is 2. The molecular weight excluding hydrogens is 466 g/mol. The Kier molecular flexibility index (Phi) is 6.32. The van der Waals surface area contributed by atoms with Crippen molar-refractivity contribution in [2.24, 2.45) is 22.1 Å². The quantitative estimate of drug-likeness (QED) is 0.492. The number of nitrogens with one attached hydrogen (secondary N) is 1. The van der Waals surface area contributed by atoms with Crippen LogP contribution >= 0.6 is 0 Å². The Bertz CT molecular complexity index is 1460. The van der Waals surface area contributed by atoms with E-state index in [0.29, 0.717) is 23.9 Å². The first kappa shape index (κ1) is 23.2. The lowest BCUT2D eigenvalue weighted by Gasteiger charge is -2.27. The number of aromatic amines is 1. The first-order valence-electron chi connectivity index (χ1n) is 12.7. The molecule has 1 fully saturated rings. The molecule has 186 valence electrons. The molecule has 3 heterocycles. The van der Waals surface area contributed by atoms with Gasteiger partial charge in [0, 0.05) is 36.4 Å². The van der Waals surface area contributed by atoms with E-state index >= 15 is 0 Å². The van der Waals surface area contributed by atoms with E-state index in [4.69, 9.17) is 4.74 Å². The molecule has 8 heteroatoms. The maximum absolute atomic E-state index is 13.8. The zero-order valence-corrected chi connectivity index (χ0v) is 20.3. The number of fused-ring (bicyclic) bond motifs is 2. The highest BCUT2D eigenvalue weighted by atomic mass is 16.5. The standard InChI is InChI=1S/C29H27N5O3/c35-28-23-6-2-1-5-22(23)26(31-33-28)20-9-11-21(12-10-20)34(16-13-19-14-17-37-18-15-19)29(36)27-24-7-3-4-8-25(24)30-32-27/h1-12,19,23H,13-18H2,(H,30,32). The fourth-order valence-corrected chi connectivity index (χ4v) is 5.18. The first-order valence-corrected chi connectivity index (χ1v) is 12.7. The summed E-state index contributed by atoms with van der Waals surface area (Å²) in [5, 5.41) is 16.2. The fourth-order valence-electron chi connectivity index (χ4n) is 5.18. The average molecular weight is 494 g/mol. The van der Waals surface area contributed by atoms with Gasteiger partial charge in [0.05, 0.1) is 17.1 Å². The summed E-state index contributed by atoms with van der Waals surface area (Å²) in [7, 11) is 0. The van der Waals surface area contributed by atoms with Gasteiger partial charge in [0.25, 0.3) is 11.8 Å². The fraction of sp³-hybridized carbons (Fsp3) is 0.276. The van der Waals surface area contributed by atoms with E-state index in [9.17, 15) is 9.59 Å². The van der Waals surface area contributed by atoms with Crippen molar-refractivity contribution in [1.82, 2.24) is 10.2 Å². The van der Waals surface area contributed by atoms with Crippen LogP contribution in [0, 0.1) is 11.8 Å².